The van der Waals surface area contributed by atoms with Crippen LogP contribution in [-0.4, -0.2) is 25.5 Å². The third-order valence-corrected chi connectivity index (χ3v) is 6.89. The van der Waals surface area contributed by atoms with Crippen LogP contribution >= 0.6 is 0 Å². The Morgan fingerprint density at radius 2 is 1.28 bits per heavy atom. The van der Waals surface area contributed by atoms with Gasteiger partial charge < -0.3 is 4.90 Å². The van der Waals surface area contributed by atoms with Crippen LogP contribution in [0.4, 0.5) is 0 Å². The number of hydrogen-bond donors (Lipinski definition) is 0. The van der Waals surface area contributed by atoms with E-state index in [9.17, 15) is 0 Å². The van der Waals surface area contributed by atoms with E-state index in [4.69, 9.17) is 0 Å². The van der Waals surface area contributed by atoms with Gasteiger partial charge in [0.05, 0.1) is 5.41 Å². The second-order valence-electron chi connectivity index (χ2n) is 8.84. The Morgan fingerprint density at radius 1 is 0.759 bits per heavy atom. The molecule has 0 bridgehead atoms. The molecule has 3 aliphatic carbocycles. The van der Waals surface area contributed by atoms with Gasteiger partial charge in [0.25, 0.3) is 0 Å². The summed E-state index contributed by atoms with van der Waals surface area (Å²) in [5, 5.41) is 0. The maximum Gasteiger partial charge on any atom is 0.0722 e. The Labute approximate surface area is 173 Å². The predicted octanol–water partition coefficient (Wildman–Crippen LogP) is 5.91. The fourth-order valence-corrected chi connectivity index (χ4v) is 5.96. The zero-order chi connectivity index (χ0) is 19.6. The lowest BCUT2D eigenvalue weighted by Gasteiger charge is -2.33. The Hall–Kier alpha value is -2.90. The summed E-state index contributed by atoms with van der Waals surface area (Å²) in [4.78, 5) is 2.31. The van der Waals surface area contributed by atoms with Crippen molar-refractivity contribution in [3.8, 4) is 11.1 Å². The topological polar surface area (TPSA) is 3.24 Å². The first-order valence-corrected chi connectivity index (χ1v) is 10.6. The smallest absolute Gasteiger partial charge is 0.0722 e. The van der Waals surface area contributed by atoms with Gasteiger partial charge in [0.15, 0.2) is 0 Å². The van der Waals surface area contributed by atoms with E-state index < -0.39 is 0 Å². The van der Waals surface area contributed by atoms with E-state index in [-0.39, 0.29) is 5.41 Å². The molecule has 1 nitrogen and oxygen atoms in total. The summed E-state index contributed by atoms with van der Waals surface area (Å²) < 4.78 is 0. The van der Waals surface area contributed by atoms with Crippen LogP contribution in [0, 0.1) is 5.92 Å². The maximum absolute atomic E-state index is 2.59. The summed E-state index contributed by atoms with van der Waals surface area (Å²) in [5.74, 6) is 0.551. The number of hydrogen-bond acceptors (Lipinski definition) is 1. The highest BCUT2D eigenvalue weighted by molar-refractivity contribution is 6.00. The van der Waals surface area contributed by atoms with E-state index in [1.54, 1.807) is 0 Å². The van der Waals surface area contributed by atoms with Crippen LogP contribution in [0.3, 0.4) is 0 Å². The van der Waals surface area contributed by atoms with Crippen LogP contribution in [0.2, 0.25) is 0 Å². The normalized spacial score (nSPS) is 20.0. The van der Waals surface area contributed by atoms with Gasteiger partial charge in [-0.1, -0.05) is 84.9 Å². The molecule has 3 aromatic carbocycles. The first-order chi connectivity index (χ1) is 14.2. The first-order valence-electron chi connectivity index (χ1n) is 10.6. The second-order valence-corrected chi connectivity index (χ2v) is 8.84. The van der Waals surface area contributed by atoms with E-state index >= 15 is 0 Å². The molecular weight excluding hydrogens is 350 g/mol. The molecule has 0 fully saturated rings. The molecule has 0 saturated carbocycles. The third-order valence-electron chi connectivity index (χ3n) is 6.89. The lowest BCUT2D eigenvalue weighted by Crippen LogP contribution is -2.28. The standard InChI is InChI=1S/C28H25N/c1-29(2)18-19-15-16-23-22-11-5-8-14-26(22)28(27(23)17-19)24-12-6-3-9-20(24)21-10-4-7-13-25(21)28/h3-14,16-17,19H,15,18H2,1-2H3. The molecule has 1 spiro atoms. The minimum absolute atomic E-state index is 0.180. The maximum atomic E-state index is 2.59. The molecule has 6 rings (SSSR count). The van der Waals surface area contributed by atoms with Crippen molar-refractivity contribution in [2.24, 2.45) is 5.92 Å². The molecule has 0 N–H and O–H groups in total. The summed E-state index contributed by atoms with van der Waals surface area (Å²) in [7, 11) is 4.36. The number of allylic oxidation sites excluding steroid dienone is 3. The number of fused-ring (bicyclic) bond motifs is 10. The molecule has 0 heterocycles. The van der Waals surface area contributed by atoms with E-state index in [0.29, 0.717) is 5.92 Å². The van der Waals surface area contributed by atoms with Gasteiger partial charge in [-0.15, -0.1) is 0 Å². The molecule has 1 unspecified atom stereocenters. The number of benzene rings is 3. The molecule has 3 aromatic rings. The summed E-state index contributed by atoms with van der Waals surface area (Å²) in [6, 6.07) is 27.1. The molecule has 0 radical (unpaired) electrons. The molecule has 0 amide bonds. The average molecular weight is 376 g/mol. The van der Waals surface area contributed by atoms with Gasteiger partial charge in [-0.25, -0.2) is 0 Å². The summed E-state index contributed by atoms with van der Waals surface area (Å²) in [5.41, 5.74) is 11.3. The van der Waals surface area contributed by atoms with Crippen molar-refractivity contribution < 1.29 is 0 Å². The van der Waals surface area contributed by atoms with Crippen LogP contribution in [0.15, 0.2) is 90.5 Å². The van der Waals surface area contributed by atoms with Crippen LogP contribution in [-0.2, 0) is 5.41 Å². The van der Waals surface area contributed by atoms with Crippen LogP contribution in [0.5, 0.6) is 0 Å². The van der Waals surface area contributed by atoms with E-state index in [0.717, 1.165) is 13.0 Å². The first kappa shape index (κ1) is 17.0. The molecule has 0 aliphatic heterocycles. The zero-order valence-corrected chi connectivity index (χ0v) is 17.0. The zero-order valence-electron chi connectivity index (χ0n) is 17.0. The summed E-state index contributed by atoms with van der Waals surface area (Å²) in [6.45, 7) is 1.09. The molecule has 0 saturated heterocycles. The second kappa shape index (κ2) is 6.05. The number of rotatable bonds is 2. The van der Waals surface area contributed by atoms with Gasteiger partial charge in [0.1, 0.15) is 0 Å². The molecule has 142 valence electrons. The fourth-order valence-electron chi connectivity index (χ4n) is 5.96. The van der Waals surface area contributed by atoms with Crippen molar-refractivity contribution in [3.05, 3.63) is 113 Å². The van der Waals surface area contributed by atoms with Crippen molar-refractivity contribution in [3.63, 3.8) is 0 Å². The van der Waals surface area contributed by atoms with Gasteiger partial charge in [-0.05, 0) is 71.0 Å². The predicted molar refractivity (Wildman–Crippen MR) is 121 cm³/mol. The fraction of sp³-hybridized carbons (Fsp3) is 0.214. The van der Waals surface area contributed by atoms with Crippen LogP contribution in [0.25, 0.3) is 16.7 Å². The quantitative estimate of drug-likeness (QED) is 0.538. The van der Waals surface area contributed by atoms with Gasteiger partial charge >= 0.3 is 0 Å². The Balaban J connectivity index is 1.72. The van der Waals surface area contributed by atoms with Crippen molar-refractivity contribution in [1.82, 2.24) is 4.90 Å². The van der Waals surface area contributed by atoms with Crippen molar-refractivity contribution >= 4 is 5.57 Å². The molecule has 0 aromatic heterocycles. The molecule has 1 atom stereocenters. The van der Waals surface area contributed by atoms with E-state index in [1.165, 1.54) is 44.5 Å². The van der Waals surface area contributed by atoms with Crippen molar-refractivity contribution in [1.29, 1.82) is 0 Å². The highest BCUT2D eigenvalue weighted by Gasteiger charge is 2.53. The van der Waals surface area contributed by atoms with Crippen molar-refractivity contribution in [2.45, 2.75) is 11.8 Å². The Morgan fingerprint density at radius 3 is 1.86 bits per heavy atom. The minimum Gasteiger partial charge on any atom is -0.309 e. The summed E-state index contributed by atoms with van der Waals surface area (Å²) in [6.07, 6.45) is 6.21. The van der Waals surface area contributed by atoms with Gasteiger partial charge in [-0.3, -0.25) is 0 Å². The highest BCUT2D eigenvalue weighted by Crippen LogP contribution is 2.64. The summed E-state index contributed by atoms with van der Waals surface area (Å²) >= 11 is 0. The Bertz CT molecular complexity index is 1150. The SMILES string of the molecule is CN(C)CC1C=C2C(=CC1)c1ccccc1C21c2ccccc2-c2ccccc21. The molecular formula is C28H25N. The largest absolute Gasteiger partial charge is 0.309 e. The van der Waals surface area contributed by atoms with Crippen LogP contribution < -0.4 is 0 Å². The van der Waals surface area contributed by atoms with E-state index in [1.807, 2.05) is 0 Å². The molecule has 3 aliphatic rings. The lowest BCUT2D eigenvalue weighted by atomic mass is 9.69. The van der Waals surface area contributed by atoms with Gasteiger partial charge in [0.2, 0.25) is 0 Å². The Kier molecular flexibility index (Phi) is 3.54. The number of nitrogens with zero attached hydrogens (tertiary/aromatic N) is 1. The molecule has 1 heteroatoms. The van der Waals surface area contributed by atoms with E-state index in [2.05, 4.69) is 104 Å². The molecule has 29 heavy (non-hydrogen) atoms. The monoisotopic (exact) mass is 375 g/mol. The average Bonchev–Trinajstić information content (AvgIpc) is 3.20. The van der Waals surface area contributed by atoms with Crippen molar-refractivity contribution in [2.75, 3.05) is 20.6 Å². The van der Waals surface area contributed by atoms with Gasteiger partial charge in [0, 0.05) is 6.54 Å². The minimum atomic E-state index is -0.180. The van der Waals surface area contributed by atoms with Crippen LogP contribution in [0.1, 0.15) is 28.7 Å². The highest BCUT2D eigenvalue weighted by atomic mass is 15.1. The third kappa shape index (κ3) is 2.14. The lowest BCUT2D eigenvalue weighted by molar-refractivity contribution is 0.358. The van der Waals surface area contributed by atoms with Gasteiger partial charge in [-0.2, -0.15) is 0 Å².